The van der Waals surface area contributed by atoms with E-state index in [4.69, 9.17) is 0 Å². The molecule has 0 unspecified atom stereocenters. The molecule has 7 nitrogen and oxygen atoms in total. The molecule has 0 aromatic heterocycles. The molecule has 0 spiro atoms. The minimum atomic E-state index is -3.27. The van der Waals surface area contributed by atoms with Crippen LogP contribution in [0.4, 0.5) is 11.4 Å². The van der Waals surface area contributed by atoms with Crippen LogP contribution in [0.15, 0.2) is 24.3 Å². The number of rotatable bonds is 6. The van der Waals surface area contributed by atoms with Crippen molar-refractivity contribution >= 4 is 27.3 Å². The Bertz CT molecular complexity index is 745. The Kier molecular flexibility index (Phi) is 6.59. The average Bonchev–Trinajstić information content (AvgIpc) is 2.87. The fourth-order valence-corrected chi connectivity index (χ4v) is 4.34. The number of nitrogens with one attached hydrogen (secondary N) is 3. The van der Waals surface area contributed by atoms with Crippen LogP contribution in [0.3, 0.4) is 0 Å². The Morgan fingerprint density at radius 1 is 1.19 bits per heavy atom. The van der Waals surface area contributed by atoms with E-state index in [1.54, 1.807) is 13.0 Å². The number of sulfonamides is 1. The van der Waals surface area contributed by atoms with E-state index in [0.29, 0.717) is 11.7 Å². The lowest BCUT2D eigenvalue weighted by Gasteiger charge is -2.35. The van der Waals surface area contributed by atoms with Gasteiger partial charge in [-0.25, -0.2) is 8.42 Å². The maximum absolute atomic E-state index is 12.1. The van der Waals surface area contributed by atoms with Gasteiger partial charge in [-0.15, -0.1) is 0 Å². The first kappa shape index (κ1) is 19.9. The maximum Gasteiger partial charge on any atom is 0.237 e. The molecular formula is C19H30N4O3S. The quantitative estimate of drug-likeness (QED) is 0.683. The highest BCUT2D eigenvalue weighted by Gasteiger charge is 2.26. The predicted octanol–water partition coefficient (Wildman–Crippen LogP) is 1.68. The van der Waals surface area contributed by atoms with E-state index >= 15 is 0 Å². The lowest BCUT2D eigenvalue weighted by atomic mass is 10.0. The van der Waals surface area contributed by atoms with Gasteiger partial charge in [0.2, 0.25) is 15.9 Å². The SMILES string of the molecule is CCS(=O)(=O)Nc1cccc(N2CCC(N[C@H]3CCCCNC3=O)CC2)c1. The molecule has 2 saturated heterocycles. The lowest BCUT2D eigenvalue weighted by Crippen LogP contribution is -2.51. The molecule has 0 bridgehead atoms. The van der Waals surface area contributed by atoms with Crippen molar-refractivity contribution < 1.29 is 13.2 Å². The van der Waals surface area contributed by atoms with Crippen LogP contribution in [0.25, 0.3) is 0 Å². The smallest absolute Gasteiger partial charge is 0.237 e. The first-order chi connectivity index (χ1) is 13.0. The topological polar surface area (TPSA) is 90.5 Å². The van der Waals surface area contributed by atoms with E-state index in [1.807, 2.05) is 18.2 Å². The molecule has 1 atom stereocenters. The molecule has 0 radical (unpaired) electrons. The number of anilines is 2. The number of nitrogens with zero attached hydrogens (tertiary/aromatic N) is 1. The van der Waals surface area contributed by atoms with Gasteiger partial charge in [0, 0.05) is 31.4 Å². The number of carbonyl (C=O) groups excluding carboxylic acids is 1. The summed E-state index contributed by atoms with van der Waals surface area (Å²) in [6, 6.07) is 7.82. The predicted molar refractivity (Wildman–Crippen MR) is 109 cm³/mol. The Labute approximate surface area is 161 Å². The highest BCUT2D eigenvalue weighted by Crippen LogP contribution is 2.24. The summed E-state index contributed by atoms with van der Waals surface area (Å²) in [5.41, 5.74) is 1.63. The minimum Gasteiger partial charge on any atom is -0.371 e. The molecule has 2 aliphatic heterocycles. The standard InChI is InChI=1S/C19H30N4O3S/c1-2-27(25,26)22-16-6-5-7-17(14-16)23-12-9-15(10-13-23)21-18-8-3-4-11-20-19(18)24/h5-7,14-15,18,21-22H,2-4,8-13H2,1H3,(H,20,24)/t18-/m0/s1. The lowest BCUT2D eigenvalue weighted by molar-refractivity contribution is -0.123. The van der Waals surface area contributed by atoms with Gasteiger partial charge in [-0.3, -0.25) is 9.52 Å². The zero-order valence-electron chi connectivity index (χ0n) is 15.9. The Morgan fingerprint density at radius 3 is 2.70 bits per heavy atom. The number of hydrogen-bond acceptors (Lipinski definition) is 5. The second-order valence-electron chi connectivity index (χ2n) is 7.32. The number of benzene rings is 1. The third kappa shape index (κ3) is 5.59. The highest BCUT2D eigenvalue weighted by molar-refractivity contribution is 7.92. The fraction of sp³-hybridized carbons (Fsp3) is 0.632. The van der Waals surface area contributed by atoms with Gasteiger partial charge in [-0.1, -0.05) is 6.07 Å². The third-order valence-corrected chi connectivity index (χ3v) is 6.64. The molecule has 1 aromatic rings. The summed E-state index contributed by atoms with van der Waals surface area (Å²) in [6.07, 6.45) is 4.98. The number of piperidine rings is 1. The molecule has 27 heavy (non-hydrogen) atoms. The second-order valence-corrected chi connectivity index (χ2v) is 9.33. The summed E-state index contributed by atoms with van der Waals surface area (Å²) in [6.45, 7) is 4.18. The van der Waals surface area contributed by atoms with E-state index in [2.05, 4.69) is 20.3 Å². The highest BCUT2D eigenvalue weighted by atomic mass is 32.2. The molecule has 3 N–H and O–H groups in total. The van der Waals surface area contributed by atoms with Crippen LogP contribution >= 0.6 is 0 Å². The summed E-state index contributed by atoms with van der Waals surface area (Å²) >= 11 is 0. The van der Waals surface area contributed by atoms with Crippen LogP contribution < -0.4 is 20.3 Å². The Balaban J connectivity index is 1.55. The van der Waals surface area contributed by atoms with Crippen LogP contribution in [0, 0.1) is 0 Å². The van der Waals surface area contributed by atoms with Gasteiger partial charge in [0.1, 0.15) is 0 Å². The van der Waals surface area contributed by atoms with Gasteiger partial charge >= 0.3 is 0 Å². The van der Waals surface area contributed by atoms with Gasteiger partial charge in [0.25, 0.3) is 0 Å². The van der Waals surface area contributed by atoms with E-state index in [-0.39, 0.29) is 17.7 Å². The molecular weight excluding hydrogens is 364 g/mol. The average molecular weight is 395 g/mol. The van der Waals surface area contributed by atoms with Gasteiger partial charge < -0.3 is 15.5 Å². The summed E-state index contributed by atoms with van der Waals surface area (Å²) in [7, 11) is -3.27. The van der Waals surface area contributed by atoms with Crippen molar-refractivity contribution in [2.75, 3.05) is 35.0 Å². The Morgan fingerprint density at radius 2 is 1.96 bits per heavy atom. The van der Waals surface area contributed by atoms with E-state index in [1.165, 1.54) is 0 Å². The van der Waals surface area contributed by atoms with E-state index < -0.39 is 10.0 Å². The molecule has 0 aliphatic carbocycles. The summed E-state index contributed by atoms with van der Waals surface area (Å²) in [5, 5.41) is 6.52. The summed E-state index contributed by atoms with van der Waals surface area (Å²) < 4.78 is 26.2. The normalized spacial score (nSPS) is 22.2. The van der Waals surface area contributed by atoms with Crippen molar-refractivity contribution in [2.45, 2.75) is 51.1 Å². The molecule has 1 amide bonds. The zero-order chi connectivity index (χ0) is 19.3. The zero-order valence-corrected chi connectivity index (χ0v) is 16.7. The van der Waals surface area contributed by atoms with Crippen LogP contribution in [-0.2, 0) is 14.8 Å². The summed E-state index contributed by atoms with van der Waals surface area (Å²) in [4.78, 5) is 14.4. The molecule has 150 valence electrons. The van der Waals surface area contributed by atoms with E-state index in [9.17, 15) is 13.2 Å². The van der Waals surface area contributed by atoms with Gasteiger partial charge in [-0.2, -0.15) is 0 Å². The van der Waals surface area contributed by atoms with Gasteiger partial charge in [0.15, 0.2) is 0 Å². The van der Waals surface area contributed by atoms with Crippen molar-refractivity contribution in [1.29, 1.82) is 0 Å². The first-order valence-corrected chi connectivity index (χ1v) is 11.5. The number of carbonyl (C=O) groups is 1. The molecule has 2 heterocycles. The van der Waals surface area contributed by atoms with E-state index in [0.717, 1.165) is 57.4 Å². The van der Waals surface area contributed by atoms with Crippen LogP contribution in [0.2, 0.25) is 0 Å². The fourth-order valence-electron chi connectivity index (χ4n) is 3.71. The number of amides is 1. The molecule has 1 aromatic carbocycles. The van der Waals surface area contributed by atoms with Gasteiger partial charge in [0.05, 0.1) is 17.5 Å². The van der Waals surface area contributed by atoms with Gasteiger partial charge in [-0.05, 0) is 57.2 Å². The van der Waals surface area contributed by atoms with Crippen LogP contribution in [0.5, 0.6) is 0 Å². The van der Waals surface area contributed by atoms with Crippen molar-refractivity contribution in [3.8, 4) is 0 Å². The maximum atomic E-state index is 12.1. The minimum absolute atomic E-state index is 0.0586. The van der Waals surface area contributed by atoms with Crippen LogP contribution in [-0.4, -0.2) is 51.8 Å². The summed E-state index contributed by atoms with van der Waals surface area (Å²) in [5.74, 6) is 0.189. The molecule has 0 saturated carbocycles. The molecule has 8 heteroatoms. The molecule has 2 aliphatic rings. The largest absolute Gasteiger partial charge is 0.371 e. The van der Waals surface area contributed by atoms with Crippen molar-refractivity contribution in [3.63, 3.8) is 0 Å². The Hall–Kier alpha value is -1.80. The first-order valence-electron chi connectivity index (χ1n) is 9.86. The van der Waals surface area contributed by atoms with Crippen molar-refractivity contribution in [3.05, 3.63) is 24.3 Å². The molecule has 3 rings (SSSR count). The third-order valence-electron chi connectivity index (χ3n) is 5.33. The monoisotopic (exact) mass is 394 g/mol. The number of hydrogen-bond donors (Lipinski definition) is 3. The van der Waals surface area contributed by atoms with Crippen molar-refractivity contribution in [1.82, 2.24) is 10.6 Å². The molecule has 2 fully saturated rings. The van der Waals surface area contributed by atoms with Crippen LogP contribution in [0.1, 0.15) is 39.0 Å². The van der Waals surface area contributed by atoms with Crippen molar-refractivity contribution in [2.24, 2.45) is 0 Å². The second kappa shape index (κ2) is 8.93.